The molecule has 0 unspecified atom stereocenters. The maximum Gasteiger partial charge on any atom is 0.191 e. The Balaban J connectivity index is 1.53. The smallest absolute Gasteiger partial charge is 0.191 e. The van der Waals surface area contributed by atoms with Crippen LogP contribution in [-0.2, 0) is 6.42 Å². The van der Waals surface area contributed by atoms with E-state index in [1.807, 2.05) is 36.5 Å². The van der Waals surface area contributed by atoms with Crippen molar-refractivity contribution in [2.45, 2.75) is 12.8 Å². The second-order valence-electron chi connectivity index (χ2n) is 6.64. The van der Waals surface area contributed by atoms with Crippen molar-refractivity contribution in [3.8, 4) is 0 Å². The fourth-order valence-corrected chi connectivity index (χ4v) is 4.70. The van der Waals surface area contributed by atoms with Crippen molar-refractivity contribution in [3.05, 3.63) is 70.4 Å². The molecule has 0 radical (unpaired) electrons. The highest BCUT2D eigenvalue weighted by molar-refractivity contribution is 8.02. The lowest BCUT2D eigenvalue weighted by Crippen LogP contribution is -2.46. The summed E-state index contributed by atoms with van der Waals surface area (Å²) in [6, 6.07) is 14.1. The minimum absolute atomic E-state index is 0.211. The molecule has 0 atom stereocenters. The molecule has 0 spiro atoms. The highest BCUT2D eigenvalue weighted by Gasteiger charge is 2.28. The summed E-state index contributed by atoms with van der Waals surface area (Å²) in [5.74, 6) is 1.25. The summed E-state index contributed by atoms with van der Waals surface area (Å²) in [4.78, 5) is 22.2. The number of nitrogens with zero attached hydrogens (tertiary/aromatic N) is 3. The first-order valence-corrected chi connectivity index (χ1v) is 10.3. The van der Waals surface area contributed by atoms with Crippen LogP contribution in [-0.4, -0.2) is 48.1 Å². The zero-order chi connectivity index (χ0) is 17.9. The second-order valence-corrected chi connectivity index (χ2v) is 7.43. The lowest BCUT2D eigenvalue weighted by Gasteiger charge is -2.38. The van der Waals surface area contributed by atoms with Crippen molar-refractivity contribution >= 4 is 23.4 Å². The van der Waals surface area contributed by atoms with E-state index in [1.54, 1.807) is 11.8 Å². The molecule has 0 amide bonds. The molecule has 2 aliphatic rings. The first-order valence-electron chi connectivity index (χ1n) is 9.08. The molecule has 1 aliphatic heterocycles. The van der Waals surface area contributed by atoms with E-state index in [2.05, 4.69) is 33.2 Å². The number of piperazine rings is 1. The van der Waals surface area contributed by atoms with Gasteiger partial charge in [0.15, 0.2) is 5.78 Å². The number of pyridine rings is 1. The second kappa shape index (κ2) is 7.54. The SMILES string of the molecule is CS/C(=C1/CCc2ccccc2C1=O)N1CCN(c2ccccn2)CC1. The monoisotopic (exact) mass is 365 g/mol. The van der Waals surface area contributed by atoms with Crippen molar-refractivity contribution in [2.75, 3.05) is 37.3 Å². The molecule has 0 N–H and O–H groups in total. The Morgan fingerprint density at radius 1 is 1.00 bits per heavy atom. The number of ketones is 1. The lowest BCUT2D eigenvalue weighted by molar-refractivity contribution is 0.102. The molecule has 1 saturated heterocycles. The lowest BCUT2D eigenvalue weighted by atomic mass is 9.87. The highest BCUT2D eigenvalue weighted by Crippen LogP contribution is 2.33. The summed E-state index contributed by atoms with van der Waals surface area (Å²) in [6.07, 6.45) is 5.72. The van der Waals surface area contributed by atoms with E-state index in [-0.39, 0.29) is 5.78 Å². The summed E-state index contributed by atoms with van der Waals surface area (Å²) in [7, 11) is 0. The molecular formula is C21H23N3OS. The van der Waals surface area contributed by atoms with Gasteiger partial charge in [-0.25, -0.2) is 4.98 Å². The number of rotatable bonds is 3. The Labute approximate surface area is 158 Å². The van der Waals surface area contributed by atoms with Gasteiger partial charge < -0.3 is 9.80 Å². The van der Waals surface area contributed by atoms with Crippen LogP contribution in [0.2, 0.25) is 0 Å². The molecule has 2 heterocycles. The number of Topliss-reactive ketones (excluding diaryl/α,β-unsaturated/α-hetero) is 1. The van der Waals surface area contributed by atoms with Gasteiger partial charge in [0.25, 0.3) is 0 Å². The molecule has 1 aliphatic carbocycles. The number of benzene rings is 1. The minimum Gasteiger partial charge on any atom is -0.362 e. The third-order valence-electron chi connectivity index (χ3n) is 5.17. The van der Waals surface area contributed by atoms with Crippen molar-refractivity contribution in [1.29, 1.82) is 0 Å². The van der Waals surface area contributed by atoms with Crippen LogP contribution < -0.4 is 4.90 Å². The summed E-state index contributed by atoms with van der Waals surface area (Å²) < 4.78 is 0. The summed E-state index contributed by atoms with van der Waals surface area (Å²) >= 11 is 1.71. The van der Waals surface area contributed by atoms with Crippen molar-refractivity contribution in [1.82, 2.24) is 9.88 Å². The Morgan fingerprint density at radius 2 is 1.77 bits per heavy atom. The molecule has 4 nitrogen and oxygen atoms in total. The van der Waals surface area contributed by atoms with Crippen molar-refractivity contribution in [3.63, 3.8) is 0 Å². The Hall–Kier alpha value is -2.27. The van der Waals surface area contributed by atoms with Crippen molar-refractivity contribution < 1.29 is 4.79 Å². The van der Waals surface area contributed by atoms with Crippen LogP contribution in [0.3, 0.4) is 0 Å². The van der Waals surface area contributed by atoms with Gasteiger partial charge >= 0.3 is 0 Å². The number of fused-ring (bicyclic) bond motifs is 1. The number of anilines is 1. The van der Waals surface area contributed by atoms with Crippen molar-refractivity contribution in [2.24, 2.45) is 0 Å². The van der Waals surface area contributed by atoms with Gasteiger partial charge in [-0.15, -0.1) is 11.8 Å². The molecule has 4 rings (SSSR count). The minimum atomic E-state index is 0.211. The number of aryl methyl sites for hydroxylation is 1. The van der Waals surface area contributed by atoms with Gasteiger partial charge in [0, 0.05) is 43.5 Å². The van der Waals surface area contributed by atoms with Crippen LogP contribution in [0.4, 0.5) is 5.82 Å². The third-order valence-corrected chi connectivity index (χ3v) is 6.06. The molecule has 134 valence electrons. The third kappa shape index (κ3) is 3.23. The van der Waals surface area contributed by atoms with Crippen LogP contribution in [0.25, 0.3) is 0 Å². The quantitative estimate of drug-likeness (QED) is 0.777. The van der Waals surface area contributed by atoms with Crippen LogP contribution in [0.1, 0.15) is 22.3 Å². The zero-order valence-corrected chi connectivity index (χ0v) is 15.8. The first-order chi connectivity index (χ1) is 12.8. The molecule has 26 heavy (non-hydrogen) atoms. The van der Waals surface area contributed by atoms with Gasteiger partial charge in [-0.1, -0.05) is 30.3 Å². The summed E-state index contributed by atoms with van der Waals surface area (Å²) in [6.45, 7) is 3.70. The van der Waals surface area contributed by atoms with Gasteiger partial charge in [0.2, 0.25) is 0 Å². The molecule has 1 fully saturated rings. The van der Waals surface area contributed by atoms with E-state index in [0.717, 1.165) is 61.0 Å². The zero-order valence-electron chi connectivity index (χ0n) is 15.0. The fourth-order valence-electron chi connectivity index (χ4n) is 3.82. The topological polar surface area (TPSA) is 36.4 Å². The van der Waals surface area contributed by atoms with E-state index in [4.69, 9.17) is 0 Å². The van der Waals surface area contributed by atoms with Gasteiger partial charge in [-0.3, -0.25) is 4.79 Å². The summed E-state index contributed by atoms with van der Waals surface area (Å²) in [5, 5.41) is 1.16. The number of aromatic nitrogens is 1. The largest absolute Gasteiger partial charge is 0.362 e. The van der Waals surface area contributed by atoms with Crippen LogP contribution in [0.5, 0.6) is 0 Å². The van der Waals surface area contributed by atoms with Gasteiger partial charge in [-0.05, 0) is 36.8 Å². The number of carbonyl (C=O) groups excluding carboxylic acids is 1. The molecular weight excluding hydrogens is 342 g/mol. The molecule has 0 bridgehead atoms. The van der Waals surface area contributed by atoms with Gasteiger partial charge in [-0.2, -0.15) is 0 Å². The first kappa shape index (κ1) is 17.2. The number of carbonyl (C=O) groups is 1. The average Bonchev–Trinajstić information content (AvgIpc) is 2.71. The Morgan fingerprint density at radius 3 is 2.50 bits per heavy atom. The van der Waals surface area contributed by atoms with E-state index in [9.17, 15) is 4.79 Å². The van der Waals surface area contributed by atoms with Crippen LogP contribution >= 0.6 is 11.8 Å². The van der Waals surface area contributed by atoms with Gasteiger partial charge in [0.05, 0.1) is 5.03 Å². The van der Waals surface area contributed by atoms with Gasteiger partial charge in [0.1, 0.15) is 5.82 Å². The molecule has 0 saturated carbocycles. The predicted molar refractivity (Wildman–Crippen MR) is 108 cm³/mol. The number of allylic oxidation sites excluding steroid dienone is 1. The maximum absolute atomic E-state index is 13.0. The van der Waals surface area contributed by atoms with E-state index < -0.39 is 0 Å². The summed E-state index contributed by atoms with van der Waals surface area (Å²) in [5.41, 5.74) is 3.05. The average molecular weight is 366 g/mol. The van der Waals surface area contributed by atoms with E-state index in [1.165, 1.54) is 5.56 Å². The molecule has 2 aromatic rings. The standard InChI is InChI=1S/C21H23N3OS/c1-26-21(18-10-9-16-6-2-3-7-17(16)20(18)25)24-14-12-23(13-15-24)19-8-4-5-11-22-19/h2-8,11H,9-10,12-15H2,1H3/b21-18-. The molecule has 1 aromatic heterocycles. The number of thioether (sulfide) groups is 1. The maximum atomic E-state index is 13.0. The Kier molecular flexibility index (Phi) is 4.98. The predicted octanol–water partition coefficient (Wildman–Crippen LogP) is 3.61. The molecule has 1 aromatic carbocycles. The van der Waals surface area contributed by atoms with Crippen LogP contribution in [0, 0.1) is 0 Å². The number of hydrogen-bond acceptors (Lipinski definition) is 5. The van der Waals surface area contributed by atoms with E-state index >= 15 is 0 Å². The number of hydrogen-bond donors (Lipinski definition) is 0. The van der Waals surface area contributed by atoms with E-state index in [0.29, 0.717) is 0 Å². The Bertz CT molecular complexity index is 826. The normalized spacial score (nSPS) is 19.3. The highest BCUT2D eigenvalue weighted by atomic mass is 32.2. The fraction of sp³-hybridized carbons (Fsp3) is 0.333. The molecule has 5 heteroatoms. The van der Waals surface area contributed by atoms with Crippen LogP contribution in [0.15, 0.2) is 59.3 Å².